The van der Waals surface area contributed by atoms with Gasteiger partial charge in [0.2, 0.25) is 0 Å². The maximum absolute atomic E-state index is 5.49. The van der Waals surface area contributed by atoms with Gasteiger partial charge in [-0.1, -0.05) is 13.8 Å². The Balaban J connectivity index is 1.98. The summed E-state index contributed by atoms with van der Waals surface area (Å²) in [5, 5.41) is 0. The summed E-state index contributed by atoms with van der Waals surface area (Å²) >= 11 is 0. The number of piperidine rings is 1. The number of nitrogens with two attached hydrogens (primary N) is 1. The van der Waals surface area contributed by atoms with Gasteiger partial charge in [0.15, 0.2) is 17.3 Å². The molecule has 0 aromatic carbocycles. The highest BCUT2D eigenvalue weighted by atomic mass is 15.3. The van der Waals surface area contributed by atoms with Gasteiger partial charge < -0.3 is 14.7 Å². The van der Waals surface area contributed by atoms with E-state index in [2.05, 4.69) is 34.1 Å². The molecule has 0 radical (unpaired) electrons. The third-order valence-electron chi connectivity index (χ3n) is 3.92. The Bertz CT molecular complexity index is 578. The molecule has 102 valence electrons. The Labute approximate surface area is 112 Å². The molecule has 0 unspecified atom stereocenters. The summed E-state index contributed by atoms with van der Waals surface area (Å²) in [5.74, 6) is 7.06. The van der Waals surface area contributed by atoms with Gasteiger partial charge in [-0.15, -0.1) is 0 Å². The van der Waals surface area contributed by atoms with Gasteiger partial charge >= 0.3 is 0 Å². The van der Waals surface area contributed by atoms with Crippen LogP contribution >= 0.6 is 0 Å². The Morgan fingerprint density at radius 2 is 2.05 bits per heavy atom. The van der Waals surface area contributed by atoms with Crippen LogP contribution in [0.5, 0.6) is 0 Å². The van der Waals surface area contributed by atoms with Crippen molar-refractivity contribution < 1.29 is 0 Å². The van der Waals surface area contributed by atoms with E-state index in [0.29, 0.717) is 11.2 Å². The van der Waals surface area contributed by atoms with Gasteiger partial charge in [0.1, 0.15) is 0 Å². The van der Waals surface area contributed by atoms with E-state index in [0.717, 1.165) is 24.6 Å². The molecule has 0 aliphatic carbocycles. The molecule has 6 heteroatoms. The number of hydrazine groups is 1. The van der Waals surface area contributed by atoms with Crippen LogP contribution in [-0.2, 0) is 0 Å². The van der Waals surface area contributed by atoms with Crippen LogP contribution in [0.15, 0.2) is 18.6 Å². The van der Waals surface area contributed by atoms with Crippen molar-refractivity contribution in [3.05, 3.63) is 18.6 Å². The van der Waals surface area contributed by atoms with Gasteiger partial charge in [-0.05, 0) is 18.3 Å². The van der Waals surface area contributed by atoms with Crippen molar-refractivity contribution in [2.45, 2.75) is 26.7 Å². The standard InChI is InChI=1S/C13H20N6/c1-13(2)3-6-18(7-4-13)12-11-15-5-8-19(11)9-10(16-12)17-14/h5,8-9,17H,3-4,6-7,14H2,1-2H3. The van der Waals surface area contributed by atoms with E-state index in [1.165, 1.54) is 12.8 Å². The van der Waals surface area contributed by atoms with Gasteiger partial charge in [0, 0.05) is 25.5 Å². The minimum atomic E-state index is 0.423. The fourth-order valence-electron chi connectivity index (χ4n) is 2.52. The smallest absolute Gasteiger partial charge is 0.180 e. The average Bonchev–Trinajstić information content (AvgIpc) is 2.86. The molecule has 19 heavy (non-hydrogen) atoms. The number of fused-ring (bicyclic) bond motifs is 1. The minimum Gasteiger partial charge on any atom is -0.353 e. The molecule has 0 spiro atoms. The maximum atomic E-state index is 5.49. The number of nitrogens with one attached hydrogen (secondary N) is 1. The van der Waals surface area contributed by atoms with Crippen molar-refractivity contribution in [2.75, 3.05) is 23.4 Å². The zero-order valence-corrected chi connectivity index (χ0v) is 11.4. The van der Waals surface area contributed by atoms with Crippen molar-refractivity contribution in [3.63, 3.8) is 0 Å². The Hall–Kier alpha value is -1.82. The molecule has 2 aromatic heterocycles. The zero-order chi connectivity index (χ0) is 13.5. The van der Waals surface area contributed by atoms with Crippen LogP contribution in [0.25, 0.3) is 5.65 Å². The number of aromatic nitrogens is 3. The normalized spacial score (nSPS) is 18.8. The first kappa shape index (κ1) is 12.2. The van der Waals surface area contributed by atoms with E-state index >= 15 is 0 Å². The average molecular weight is 260 g/mol. The van der Waals surface area contributed by atoms with Gasteiger partial charge in [-0.3, -0.25) is 0 Å². The van der Waals surface area contributed by atoms with E-state index in [1.807, 2.05) is 16.8 Å². The molecule has 1 saturated heterocycles. The van der Waals surface area contributed by atoms with Gasteiger partial charge in [0.25, 0.3) is 0 Å². The first-order valence-electron chi connectivity index (χ1n) is 6.64. The maximum Gasteiger partial charge on any atom is 0.180 e. The second-order valence-electron chi connectivity index (χ2n) is 5.90. The molecule has 1 fully saturated rings. The summed E-state index contributed by atoms with van der Waals surface area (Å²) in [6.07, 6.45) is 7.88. The highest BCUT2D eigenvalue weighted by Crippen LogP contribution is 2.32. The molecule has 3 N–H and O–H groups in total. The SMILES string of the molecule is CC1(C)CCN(c2nc(NN)cn3ccnc23)CC1. The number of imidazole rings is 1. The van der Waals surface area contributed by atoms with Crippen LogP contribution in [0, 0.1) is 5.41 Å². The first-order chi connectivity index (χ1) is 9.09. The number of hydrogen-bond donors (Lipinski definition) is 2. The molecule has 0 amide bonds. The summed E-state index contributed by atoms with van der Waals surface area (Å²) < 4.78 is 1.96. The predicted octanol–water partition coefficient (Wildman–Crippen LogP) is 1.64. The fourth-order valence-corrected chi connectivity index (χ4v) is 2.52. The predicted molar refractivity (Wildman–Crippen MR) is 76.0 cm³/mol. The number of hydrogen-bond acceptors (Lipinski definition) is 5. The molecular formula is C13H20N6. The molecule has 2 aromatic rings. The molecule has 3 heterocycles. The largest absolute Gasteiger partial charge is 0.353 e. The molecule has 6 nitrogen and oxygen atoms in total. The number of nitrogens with zero attached hydrogens (tertiary/aromatic N) is 4. The third kappa shape index (κ3) is 2.23. The third-order valence-corrected chi connectivity index (χ3v) is 3.92. The number of anilines is 2. The van der Waals surface area contributed by atoms with E-state index in [9.17, 15) is 0 Å². The molecule has 3 rings (SSSR count). The summed E-state index contributed by atoms with van der Waals surface area (Å²) in [5.41, 5.74) is 3.93. The van der Waals surface area contributed by atoms with Crippen molar-refractivity contribution in [1.29, 1.82) is 0 Å². The summed E-state index contributed by atoms with van der Waals surface area (Å²) in [6, 6.07) is 0. The Morgan fingerprint density at radius 3 is 2.74 bits per heavy atom. The van der Waals surface area contributed by atoms with Crippen molar-refractivity contribution in [1.82, 2.24) is 14.4 Å². The minimum absolute atomic E-state index is 0.423. The number of rotatable bonds is 2. The topological polar surface area (TPSA) is 71.5 Å². The molecule has 1 aliphatic heterocycles. The Kier molecular flexibility index (Phi) is 2.82. The van der Waals surface area contributed by atoms with Crippen LogP contribution in [0.3, 0.4) is 0 Å². The summed E-state index contributed by atoms with van der Waals surface area (Å²) in [7, 11) is 0. The lowest BCUT2D eigenvalue weighted by molar-refractivity contribution is 0.279. The highest BCUT2D eigenvalue weighted by molar-refractivity contribution is 5.66. The second kappa shape index (κ2) is 4.38. The lowest BCUT2D eigenvalue weighted by Crippen LogP contribution is -2.38. The Morgan fingerprint density at radius 1 is 1.32 bits per heavy atom. The summed E-state index contributed by atoms with van der Waals surface area (Å²) in [4.78, 5) is 11.3. The van der Waals surface area contributed by atoms with Gasteiger partial charge in [-0.2, -0.15) is 0 Å². The van der Waals surface area contributed by atoms with Gasteiger partial charge in [0.05, 0.1) is 6.20 Å². The van der Waals surface area contributed by atoms with E-state index in [-0.39, 0.29) is 0 Å². The van der Waals surface area contributed by atoms with E-state index < -0.39 is 0 Å². The monoisotopic (exact) mass is 260 g/mol. The van der Waals surface area contributed by atoms with Crippen LogP contribution < -0.4 is 16.2 Å². The molecular weight excluding hydrogens is 240 g/mol. The molecule has 0 atom stereocenters. The number of nitrogen functional groups attached to an aromatic ring is 1. The highest BCUT2D eigenvalue weighted by Gasteiger charge is 2.27. The lowest BCUT2D eigenvalue weighted by atomic mass is 9.83. The first-order valence-corrected chi connectivity index (χ1v) is 6.64. The van der Waals surface area contributed by atoms with E-state index in [1.54, 1.807) is 6.20 Å². The van der Waals surface area contributed by atoms with Gasteiger partial charge in [-0.25, -0.2) is 15.8 Å². The zero-order valence-electron chi connectivity index (χ0n) is 11.4. The molecule has 0 saturated carbocycles. The fraction of sp³-hybridized carbons (Fsp3) is 0.538. The second-order valence-corrected chi connectivity index (χ2v) is 5.90. The van der Waals surface area contributed by atoms with Crippen molar-refractivity contribution >= 4 is 17.3 Å². The lowest BCUT2D eigenvalue weighted by Gasteiger charge is -2.37. The quantitative estimate of drug-likeness (QED) is 0.634. The molecule has 1 aliphatic rings. The van der Waals surface area contributed by atoms with Crippen LogP contribution in [-0.4, -0.2) is 27.5 Å². The van der Waals surface area contributed by atoms with Crippen LogP contribution in [0.1, 0.15) is 26.7 Å². The van der Waals surface area contributed by atoms with Crippen LogP contribution in [0.2, 0.25) is 0 Å². The summed E-state index contributed by atoms with van der Waals surface area (Å²) in [6.45, 7) is 6.66. The van der Waals surface area contributed by atoms with Crippen molar-refractivity contribution in [2.24, 2.45) is 11.3 Å². The van der Waals surface area contributed by atoms with Crippen molar-refractivity contribution in [3.8, 4) is 0 Å². The van der Waals surface area contributed by atoms with E-state index in [4.69, 9.17) is 5.84 Å². The molecule has 0 bridgehead atoms. The van der Waals surface area contributed by atoms with Crippen LogP contribution in [0.4, 0.5) is 11.6 Å².